The first-order valence-electron chi connectivity index (χ1n) is 8.38. The Morgan fingerprint density at radius 3 is 2.65 bits per heavy atom. The van der Waals surface area contributed by atoms with E-state index in [9.17, 15) is 4.79 Å². The van der Waals surface area contributed by atoms with Crippen molar-refractivity contribution in [2.75, 3.05) is 44.7 Å². The number of aromatic nitrogens is 1. The highest BCUT2D eigenvalue weighted by Gasteiger charge is 2.11. The first kappa shape index (κ1) is 18.9. The average Bonchev–Trinajstić information content (AvgIpc) is 2.66. The molecule has 1 aromatic carbocycles. The van der Waals surface area contributed by atoms with Gasteiger partial charge in [-0.05, 0) is 30.3 Å². The molecule has 1 fully saturated rings. The highest BCUT2D eigenvalue weighted by atomic mass is 35.5. The third-order valence-corrected chi connectivity index (χ3v) is 4.77. The number of pyridine rings is 1. The minimum Gasteiger partial charge on any atom is -0.379 e. The van der Waals surface area contributed by atoms with E-state index in [4.69, 9.17) is 27.9 Å². The maximum atomic E-state index is 12.2. The molecule has 138 valence electrons. The van der Waals surface area contributed by atoms with Gasteiger partial charge in [0.2, 0.25) is 0 Å². The first-order chi connectivity index (χ1) is 12.6. The molecule has 1 saturated heterocycles. The highest BCUT2D eigenvalue weighted by Crippen LogP contribution is 2.26. The predicted octanol–water partition coefficient (Wildman–Crippen LogP) is 3.19. The predicted molar refractivity (Wildman–Crippen MR) is 104 cm³/mol. The highest BCUT2D eigenvalue weighted by molar-refractivity contribution is 6.42. The van der Waals surface area contributed by atoms with Crippen molar-refractivity contribution in [3.63, 3.8) is 0 Å². The Balaban J connectivity index is 1.49. The van der Waals surface area contributed by atoms with Crippen LogP contribution in [0.15, 0.2) is 36.5 Å². The van der Waals surface area contributed by atoms with Crippen LogP contribution in [0.5, 0.6) is 0 Å². The summed E-state index contributed by atoms with van der Waals surface area (Å²) in [5.41, 5.74) is 1.29. The van der Waals surface area contributed by atoms with Crippen LogP contribution in [0.4, 0.5) is 11.5 Å². The topological polar surface area (TPSA) is 66.5 Å². The van der Waals surface area contributed by atoms with E-state index in [0.717, 1.165) is 38.5 Å². The molecule has 0 bridgehead atoms. The Bertz CT molecular complexity index is 749. The number of ether oxygens (including phenoxy) is 1. The van der Waals surface area contributed by atoms with Crippen molar-refractivity contribution in [3.8, 4) is 0 Å². The molecule has 6 nitrogen and oxygen atoms in total. The number of nitrogens with zero attached hydrogens (tertiary/aromatic N) is 2. The summed E-state index contributed by atoms with van der Waals surface area (Å²) in [6, 6.07) is 8.72. The first-order valence-corrected chi connectivity index (χ1v) is 9.14. The lowest BCUT2D eigenvalue weighted by Crippen LogP contribution is -2.41. The zero-order chi connectivity index (χ0) is 18.4. The van der Waals surface area contributed by atoms with Crippen molar-refractivity contribution in [2.45, 2.75) is 0 Å². The van der Waals surface area contributed by atoms with Gasteiger partial charge < -0.3 is 15.4 Å². The van der Waals surface area contributed by atoms with E-state index >= 15 is 0 Å². The van der Waals surface area contributed by atoms with Gasteiger partial charge in [0.15, 0.2) is 0 Å². The van der Waals surface area contributed by atoms with Gasteiger partial charge in [0.05, 0.1) is 28.8 Å². The van der Waals surface area contributed by atoms with Crippen molar-refractivity contribution in [3.05, 3.63) is 52.1 Å². The number of carbonyl (C=O) groups excluding carboxylic acids is 1. The van der Waals surface area contributed by atoms with Gasteiger partial charge in [0.25, 0.3) is 5.91 Å². The molecular formula is C18H20Cl2N4O2. The van der Waals surface area contributed by atoms with Gasteiger partial charge in [0, 0.05) is 38.1 Å². The Labute approximate surface area is 162 Å². The minimum atomic E-state index is -0.133. The van der Waals surface area contributed by atoms with Gasteiger partial charge in [-0.15, -0.1) is 0 Å². The van der Waals surface area contributed by atoms with Crippen LogP contribution in [0, 0.1) is 0 Å². The quantitative estimate of drug-likeness (QED) is 0.787. The van der Waals surface area contributed by atoms with E-state index in [2.05, 4.69) is 20.5 Å². The van der Waals surface area contributed by atoms with Gasteiger partial charge in [-0.1, -0.05) is 23.2 Å². The Hall–Kier alpha value is -1.86. The summed E-state index contributed by atoms with van der Waals surface area (Å²) >= 11 is 11.9. The number of benzene rings is 1. The standard InChI is InChI=1S/C18H20Cl2N4O2/c19-15-3-2-14(11-16(15)20)23-17-4-1-13(12-22-17)18(25)21-5-6-24-7-9-26-10-8-24/h1-4,11-12H,5-10H2,(H,21,25)(H,22,23). The van der Waals surface area contributed by atoms with Crippen molar-refractivity contribution in [2.24, 2.45) is 0 Å². The van der Waals surface area contributed by atoms with Gasteiger partial charge in [-0.2, -0.15) is 0 Å². The number of rotatable bonds is 6. The van der Waals surface area contributed by atoms with Gasteiger partial charge in [0.1, 0.15) is 5.82 Å². The number of nitrogens with one attached hydrogen (secondary N) is 2. The summed E-state index contributed by atoms with van der Waals surface area (Å²) in [6.45, 7) is 4.75. The van der Waals surface area contributed by atoms with Crippen LogP contribution in [0.1, 0.15) is 10.4 Å². The van der Waals surface area contributed by atoms with Crippen LogP contribution in [0.2, 0.25) is 10.0 Å². The molecule has 1 aliphatic heterocycles. The smallest absolute Gasteiger partial charge is 0.252 e. The summed E-state index contributed by atoms with van der Waals surface area (Å²) in [5, 5.41) is 7.00. The molecule has 2 aromatic rings. The number of morpholine rings is 1. The molecule has 1 aromatic heterocycles. The van der Waals surface area contributed by atoms with Crippen molar-refractivity contribution < 1.29 is 9.53 Å². The average molecular weight is 395 g/mol. The third-order valence-electron chi connectivity index (χ3n) is 4.03. The molecule has 2 N–H and O–H groups in total. The Morgan fingerprint density at radius 1 is 1.15 bits per heavy atom. The van der Waals surface area contributed by atoms with E-state index in [0.29, 0.717) is 28.0 Å². The van der Waals surface area contributed by atoms with Gasteiger partial charge in [-0.25, -0.2) is 4.98 Å². The minimum absolute atomic E-state index is 0.133. The van der Waals surface area contributed by atoms with Crippen LogP contribution in [0.3, 0.4) is 0 Å². The number of anilines is 2. The van der Waals surface area contributed by atoms with Crippen LogP contribution >= 0.6 is 23.2 Å². The van der Waals surface area contributed by atoms with Crippen LogP contribution < -0.4 is 10.6 Å². The number of hydrogen-bond acceptors (Lipinski definition) is 5. The molecule has 26 heavy (non-hydrogen) atoms. The lowest BCUT2D eigenvalue weighted by atomic mass is 10.2. The summed E-state index contributed by atoms with van der Waals surface area (Å²) in [6.07, 6.45) is 1.55. The second-order valence-corrected chi connectivity index (χ2v) is 6.71. The maximum absolute atomic E-state index is 12.2. The van der Waals surface area contributed by atoms with Crippen molar-refractivity contribution in [1.29, 1.82) is 0 Å². The summed E-state index contributed by atoms with van der Waals surface area (Å²) in [7, 11) is 0. The van der Waals surface area contributed by atoms with Crippen LogP contribution in [-0.4, -0.2) is 55.2 Å². The molecule has 2 heterocycles. The largest absolute Gasteiger partial charge is 0.379 e. The SMILES string of the molecule is O=C(NCCN1CCOCC1)c1ccc(Nc2ccc(Cl)c(Cl)c2)nc1. The van der Waals surface area contributed by atoms with Gasteiger partial charge in [-0.3, -0.25) is 9.69 Å². The maximum Gasteiger partial charge on any atom is 0.252 e. The summed E-state index contributed by atoms with van der Waals surface area (Å²) in [4.78, 5) is 18.7. The normalized spacial score (nSPS) is 14.8. The third kappa shape index (κ3) is 5.32. The number of hydrogen-bond donors (Lipinski definition) is 2. The second kappa shape index (κ2) is 9.19. The van der Waals surface area contributed by atoms with E-state index in [1.165, 1.54) is 0 Å². The van der Waals surface area contributed by atoms with E-state index in [1.807, 2.05) is 6.07 Å². The molecule has 0 radical (unpaired) electrons. The second-order valence-electron chi connectivity index (χ2n) is 5.90. The number of amides is 1. The zero-order valence-electron chi connectivity index (χ0n) is 14.2. The molecule has 0 aliphatic carbocycles. The molecule has 1 aliphatic rings. The molecule has 0 spiro atoms. The number of halogens is 2. The molecule has 0 atom stereocenters. The molecule has 0 unspecified atom stereocenters. The molecule has 3 rings (SSSR count). The van der Waals surface area contributed by atoms with Crippen molar-refractivity contribution in [1.82, 2.24) is 15.2 Å². The van der Waals surface area contributed by atoms with Crippen LogP contribution in [0.25, 0.3) is 0 Å². The number of carbonyl (C=O) groups is 1. The van der Waals surface area contributed by atoms with Crippen molar-refractivity contribution >= 4 is 40.6 Å². The molecule has 8 heteroatoms. The van der Waals surface area contributed by atoms with E-state index in [-0.39, 0.29) is 5.91 Å². The molecular weight excluding hydrogens is 375 g/mol. The fourth-order valence-electron chi connectivity index (χ4n) is 2.58. The zero-order valence-corrected chi connectivity index (χ0v) is 15.7. The lowest BCUT2D eigenvalue weighted by Gasteiger charge is -2.26. The van der Waals surface area contributed by atoms with E-state index < -0.39 is 0 Å². The lowest BCUT2D eigenvalue weighted by molar-refractivity contribution is 0.0383. The molecule has 0 saturated carbocycles. The van der Waals surface area contributed by atoms with Gasteiger partial charge >= 0.3 is 0 Å². The van der Waals surface area contributed by atoms with Crippen LogP contribution in [-0.2, 0) is 4.74 Å². The summed E-state index contributed by atoms with van der Waals surface area (Å²) in [5.74, 6) is 0.486. The Kier molecular flexibility index (Phi) is 6.68. The molecule has 1 amide bonds. The monoisotopic (exact) mass is 394 g/mol. The Morgan fingerprint density at radius 2 is 1.96 bits per heavy atom. The summed E-state index contributed by atoms with van der Waals surface area (Å²) < 4.78 is 5.31. The fourth-order valence-corrected chi connectivity index (χ4v) is 2.88. The fraction of sp³-hybridized carbons (Fsp3) is 0.333. The van der Waals surface area contributed by atoms with E-state index in [1.54, 1.807) is 30.5 Å².